The number of hydrogen-bond donors (Lipinski definition) is 2. The first-order valence-corrected chi connectivity index (χ1v) is 9.33. The van der Waals surface area contributed by atoms with Crippen molar-refractivity contribution in [3.05, 3.63) is 24.0 Å². The first kappa shape index (κ1) is 18.0. The van der Waals surface area contributed by atoms with Gasteiger partial charge in [-0.05, 0) is 57.2 Å². The summed E-state index contributed by atoms with van der Waals surface area (Å²) >= 11 is 0. The number of halogens is 1. The van der Waals surface area contributed by atoms with E-state index in [2.05, 4.69) is 10.2 Å². The molecule has 2 saturated heterocycles. The van der Waals surface area contributed by atoms with Gasteiger partial charge in [0.25, 0.3) is 0 Å². The molecule has 1 aromatic rings. The van der Waals surface area contributed by atoms with Gasteiger partial charge in [-0.2, -0.15) is 0 Å². The van der Waals surface area contributed by atoms with Gasteiger partial charge in [-0.15, -0.1) is 0 Å². The van der Waals surface area contributed by atoms with Crippen molar-refractivity contribution in [2.24, 2.45) is 5.92 Å². The fraction of sp³-hybridized carbons (Fsp3) is 0.632. The van der Waals surface area contributed by atoms with Crippen LogP contribution in [0.5, 0.6) is 0 Å². The van der Waals surface area contributed by atoms with Crippen molar-refractivity contribution in [3.8, 4) is 0 Å². The lowest BCUT2D eigenvalue weighted by Gasteiger charge is -2.35. The molecule has 138 valence electrons. The second kappa shape index (κ2) is 8.04. The number of piperidine rings is 2. The minimum absolute atomic E-state index is 0.105. The number of aliphatic hydroxyl groups is 1. The number of nitrogens with one attached hydrogen (secondary N) is 1. The molecule has 0 aromatic heterocycles. The van der Waals surface area contributed by atoms with Gasteiger partial charge < -0.3 is 20.2 Å². The quantitative estimate of drug-likeness (QED) is 0.879. The number of rotatable bonds is 3. The number of carbonyl (C=O) groups excluding carboxylic acids is 1. The van der Waals surface area contributed by atoms with Crippen molar-refractivity contribution in [3.63, 3.8) is 0 Å². The molecule has 0 spiro atoms. The Hall–Kier alpha value is -1.82. The van der Waals surface area contributed by atoms with Gasteiger partial charge in [0.1, 0.15) is 5.82 Å². The molecule has 5 nitrogen and oxygen atoms in total. The number of anilines is 2. The first-order valence-electron chi connectivity index (χ1n) is 9.33. The Morgan fingerprint density at radius 1 is 1.24 bits per heavy atom. The summed E-state index contributed by atoms with van der Waals surface area (Å²) in [6, 6.07) is 4.39. The number of carbonyl (C=O) groups is 1. The third-order valence-electron chi connectivity index (χ3n) is 5.32. The normalized spacial score (nSPS) is 22.6. The summed E-state index contributed by atoms with van der Waals surface area (Å²) < 4.78 is 13.8. The highest BCUT2D eigenvalue weighted by Crippen LogP contribution is 2.30. The maximum absolute atomic E-state index is 13.8. The van der Waals surface area contributed by atoms with Gasteiger partial charge in [0, 0.05) is 32.1 Å². The number of benzene rings is 1. The van der Waals surface area contributed by atoms with Crippen LogP contribution in [0.25, 0.3) is 0 Å². The lowest BCUT2D eigenvalue weighted by molar-refractivity contribution is 0.0766. The third kappa shape index (κ3) is 4.42. The van der Waals surface area contributed by atoms with E-state index in [1.807, 2.05) is 0 Å². The van der Waals surface area contributed by atoms with Crippen molar-refractivity contribution in [1.82, 2.24) is 4.90 Å². The summed E-state index contributed by atoms with van der Waals surface area (Å²) in [6.07, 6.45) is 4.84. The number of hydrogen-bond acceptors (Lipinski definition) is 3. The highest BCUT2D eigenvalue weighted by Gasteiger charge is 2.27. The minimum Gasteiger partial charge on any atom is -0.393 e. The monoisotopic (exact) mass is 349 g/mol. The molecule has 6 heteroatoms. The van der Waals surface area contributed by atoms with Crippen LogP contribution in [0.2, 0.25) is 0 Å². The molecule has 1 aromatic carbocycles. The summed E-state index contributed by atoms with van der Waals surface area (Å²) in [6.45, 7) is 4.85. The first-order chi connectivity index (χ1) is 12.0. The van der Waals surface area contributed by atoms with Crippen LogP contribution in [0.4, 0.5) is 20.6 Å². The fourth-order valence-corrected chi connectivity index (χ4v) is 3.80. The molecule has 2 N–H and O–H groups in total. The molecular formula is C19H28FN3O2. The Bertz CT molecular complexity index is 602. The van der Waals surface area contributed by atoms with Crippen LogP contribution in [0.15, 0.2) is 18.2 Å². The highest BCUT2D eigenvalue weighted by atomic mass is 19.1. The minimum atomic E-state index is -0.423. The molecule has 0 saturated carbocycles. The largest absolute Gasteiger partial charge is 0.393 e. The summed E-state index contributed by atoms with van der Waals surface area (Å²) in [7, 11) is 0. The second-order valence-corrected chi connectivity index (χ2v) is 7.23. The Balaban J connectivity index is 1.73. The SMILES string of the molecule is CC(O)C1CCCN(C(=O)Nc2cc(F)ccc2N2CCCCC2)C1. The molecule has 0 aliphatic carbocycles. The standard InChI is InChI=1S/C19H28FN3O2/c1-14(24)15-6-5-11-23(13-15)19(25)21-17-12-16(20)7-8-18(17)22-9-3-2-4-10-22/h7-8,12,14-15,24H,2-6,9-11,13H2,1H3,(H,21,25). The van der Waals surface area contributed by atoms with Crippen LogP contribution < -0.4 is 10.2 Å². The zero-order valence-electron chi connectivity index (χ0n) is 14.9. The van der Waals surface area contributed by atoms with E-state index in [1.165, 1.54) is 18.6 Å². The molecule has 2 aliphatic heterocycles. The van der Waals surface area contributed by atoms with Crippen LogP contribution in [-0.4, -0.2) is 48.3 Å². The van der Waals surface area contributed by atoms with Crippen LogP contribution in [0.3, 0.4) is 0 Å². The summed E-state index contributed by atoms with van der Waals surface area (Å²) in [5.74, 6) is -0.245. The maximum atomic E-state index is 13.8. The van der Waals surface area contributed by atoms with E-state index in [4.69, 9.17) is 0 Å². The Morgan fingerprint density at radius 2 is 2.00 bits per heavy atom. The van der Waals surface area contributed by atoms with Gasteiger partial charge in [-0.25, -0.2) is 9.18 Å². The third-order valence-corrected chi connectivity index (χ3v) is 5.32. The molecule has 2 unspecified atom stereocenters. The van der Waals surface area contributed by atoms with Crippen LogP contribution >= 0.6 is 0 Å². The molecule has 3 rings (SSSR count). The molecule has 2 atom stereocenters. The van der Waals surface area contributed by atoms with E-state index in [9.17, 15) is 14.3 Å². The summed E-state index contributed by atoms with van der Waals surface area (Å²) in [5.41, 5.74) is 1.42. The van der Waals surface area contributed by atoms with Gasteiger partial charge in [0.05, 0.1) is 17.5 Å². The van der Waals surface area contributed by atoms with E-state index in [0.29, 0.717) is 18.8 Å². The smallest absolute Gasteiger partial charge is 0.321 e. The Kier molecular flexibility index (Phi) is 5.78. The molecule has 2 fully saturated rings. The van der Waals surface area contributed by atoms with Crippen LogP contribution in [-0.2, 0) is 0 Å². The maximum Gasteiger partial charge on any atom is 0.321 e. The lowest BCUT2D eigenvalue weighted by Crippen LogP contribution is -2.45. The fourth-order valence-electron chi connectivity index (χ4n) is 3.80. The average molecular weight is 349 g/mol. The van der Waals surface area contributed by atoms with E-state index in [-0.39, 0.29) is 17.8 Å². The molecule has 2 heterocycles. The molecule has 2 aliphatic rings. The van der Waals surface area contributed by atoms with Gasteiger partial charge in [0.15, 0.2) is 0 Å². The second-order valence-electron chi connectivity index (χ2n) is 7.23. The van der Waals surface area contributed by atoms with Crippen LogP contribution in [0.1, 0.15) is 39.0 Å². The number of likely N-dealkylation sites (tertiary alicyclic amines) is 1. The predicted octanol–water partition coefficient (Wildman–Crippen LogP) is 3.44. The number of aliphatic hydroxyl groups excluding tert-OH is 1. The van der Waals surface area contributed by atoms with Gasteiger partial charge in [-0.1, -0.05) is 0 Å². The van der Waals surface area contributed by atoms with Crippen molar-refractivity contribution in [2.75, 3.05) is 36.4 Å². The number of urea groups is 1. The zero-order valence-corrected chi connectivity index (χ0v) is 14.9. The molecule has 2 amide bonds. The van der Waals surface area contributed by atoms with E-state index in [0.717, 1.165) is 44.5 Å². The topological polar surface area (TPSA) is 55.8 Å². The lowest BCUT2D eigenvalue weighted by atomic mass is 9.94. The van der Waals surface area contributed by atoms with E-state index >= 15 is 0 Å². The van der Waals surface area contributed by atoms with E-state index < -0.39 is 6.10 Å². The average Bonchev–Trinajstić information content (AvgIpc) is 2.62. The number of amides is 2. The zero-order chi connectivity index (χ0) is 17.8. The van der Waals surface area contributed by atoms with E-state index in [1.54, 1.807) is 17.9 Å². The predicted molar refractivity (Wildman–Crippen MR) is 97.5 cm³/mol. The highest BCUT2D eigenvalue weighted by molar-refractivity contribution is 5.93. The van der Waals surface area contributed by atoms with Gasteiger partial charge >= 0.3 is 6.03 Å². The van der Waals surface area contributed by atoms with Crippen molar-refractivity contribution < 1.29 is 14.3 Å². The molecule has 0 radical (unpaired) electrons. The van der Waals surface area contributed by atoms with Gasteiger partial charge in [0.2, 0.25) is 0 Å². The summed E-state index contributed by atoms with van der Waals surface area (Å²) in [5, 5.41) is 12.7. The van der Waals surface area contributed by atoms with Crippen molar-refractivity contribution in [1.29, 1.82) is 0 Å². The molecule has 25 heavy (non-hydrogen) atoms. The van der Waals surface area contributed by atoms with Crippen molar-refractivity contribution in [2.45, 2.75) is 45.1 Å². The molecule has 0 bridgehead atoms. The summed E-state index contributed by atoms with van der Waals surface area (Å²) in [4.78, 5) is 16.6. The number of nitrogens with zero attached hydrogens (tertiary/aromatic N) is 2. The van der Waals surface area contributed by atoms with Crippen LogP contribution in [0, 0.1) is 11.7 Å². The van der Waals surface area contributed by atoms with Gasteiger partial charge in [-0.3, -0.25) is 0 Å². The molecular weight excluding hydrogens is 321 g/mol. The Labute approximate surface area is 148 Å². The Morgan fingerprint density at radius 3 is 2.72 bits per heavy atom. The van der Waals surface area contributed by atoms with Crippen molar-refractivity contribution >= 4 is 17.4 Å².